The number of benzene rings is 2. The van der Waals surface area contributed by atoms with Crippen molar-refractivity contribution in [3.05, 3.63) is 46.5 Å². The second kappa shape index (κ2) is 7.00. The Morgan fingerprint density at radius 3 is 2.57 bits per heavy atom. The number of piperazine rings is 1. The molecule has 0 aliphatic carbocycles. The summed E-state index contributed by atoms with van der Waals surface area (Å²) in [6, 6.07) is 8.57. The van der Waals surface area contributed by atoms with E-state index < -0.39 is 0 Å². The van der Waals surface area contributed by atoms with Gasteiger partial charge in [0.25, 0.3) is 0 Å². The van der Waals surface area contributed by atoms with Crippen LogP contribution in [0.25, 0.3) is 11.8 Å². The zero-order valence-corrected chi connectivity index (χ0v) is 17.7. The summed E-state index contributed by atoms with van der Waals surface area (Å²) >= 11 is 6.20. The number of rotatable bonds is 2. The minimum absolute atomic E-state index is 0.308. The zero-order valence-electron chi connectivity index (χ0n) is 17.0. The van der Waals surface area contributed by atoms with Gasteiger partial charge in [-0.15, -0.1) is 0 Å². The highest BCUT2D eigenvalue weighted by molar-refractivity contribution is 6.13. The molecule has 156 valence electrons. The third-order valence-electron chi connectivity index (χ3n) is 6.55. The van der Waals surface area contributed by atoms with Crippen molar-refractivity contribution in [3.63, 3.8) is 0 Å². The van der Waals surface area contributed by atoms with Gasteiger partial charge in [0.05, 0.1) is 12.8 Å². The van der Waals surface area contributed by atoms with Gasteiger partial charge in [-0.3, -0.25) is 0 Å². The van der Waals surface area contributed by atoms with E-state index in [2.05, 4.69) is 40.1 Å². The highest BCUT2D eigenvalue weighted by Gasteiger charge is 2.31. The second-order valence-electron chi connectivity index (χ2n) is 8.14. The van der Waals surface area contributed by atoms with Crippen LogP contribution >= 0.6 is 11.8 Å². The number of halogens is 1. The maximum absolute atomic E-state index is 6.20. The Morgan fingerprint density at radius 1 is 0.967 bits per heavy atom. The molecule has 4 heterocycles. The van der Waals surface area contributed by atoms with E-state index in [0.29, 0.717) is 6.79 Å². The van der Waals surface area contributed by atoms with Crippen LogP contribution in [0.5, 0.6) is 17.2 Å². The Morgan fingerprint density at radius 2 is 1.77 bits per heavy atom. The summed E-state index contributed by atoms with van der Waals surface area (Å²) in [6.45, 7) is 5.67. The molecule has 0 unspecified atom stereocenters. The fourth-order valence-electron chi connectivity index (χ4n) is 5.00. The van der Waals surface area contributed by atoms with Crippen molar-refractivity contribution in [2.75, 3.05) is 51.5 Å². The van der Waals surface area contributed by atoms with E-state index in [0.717, 1.165) is 62.9 Å². The van der Waals surface area contributed by atoms with Crippen LogP contribution < -0.4 is 19.1 Å². The summed E-state index contributed by atoms with van der Waals surface area (Å²) in [6.07, 6.45) is 3.32. The summed E-state index contributed by atoms with van der Waals surface area (Å²) in [5, 5.41) is 0. The fraction of sp³-hybridized carbons (Fsp3) is 0.391. The second-order valence-corrected chi connectivity index (χ2v) is 8.62. The highest BCUT2D eigenvalue weighted by Crippen LogP contribution is 2.45. The van der Waals surface area contributed by atoms with Gasteiger partial charge in [0.1, 0.15) is 5.75 Å². The van der Waals surface area contributed by atoms with Crippen molar-refractivity contribution in [1.29, 1.82) is 0 Å². The van der Waals surface area contributed by atoms with Crippen LogP contribution in [0.15, 0.2) is 24.3 Å². The Labute approximate surface area is 181 Å². The van der Waals surface area contributed by atoms with Crippen LogP contribution in [0.1, 0.15) is 22.3 Å². The maximum atomic E-state index is 6.20. The van der Waals surface area contributed by atoms with E-state index in [1.807, 2.05) is 4.42 Å². The first-order chi connectivity index (χ1) is 14.7. The molecule has 1 fully saturated rings. The third kappa shape index (κ3) is 2.81. The van der Waals surface area contributed by atoms with Gasteiger partial charge in [0, 0.05) is 56.1 Å². The first-order valence-electron chi connectivity index (χ1n) is 10.5. The molecule has 1 saturated heterocycles. The molecule has 0 bridgehead atoms. The number of hydrogen-bond acceptors (Lipinski definition) is 6. The van der Waals surface area contributed by atoms with Crippen molar-refractivity contribution in [1.82, 2.24) is 9.32 Å². The van der Waals surface area contributed by atoms with E-state index in [1.165, 1.54) is 33.6 Å². The summed E-state index contributed by atoms with van der Waals surface area (Å²) < 4.78 is 18.9. The Bertz CT molecular complexity index is 1050. The van der Waals surface area contributed by atoms with Gasteiger partial charge in [-0.05, 0) is 53.6 Å². The van der Waals surface area contributed by atoms with Crippen LogP contribution in [0.3, 0.4) is 0 Å². The van der Waals surface area contributed by atoms with Crippen molar-refractivity contribution < 1.29 is 14.2 Å². The van der Waals surface area contributed by atoms with Gasteiger partial charge in [0.2, 0.25) is 6.79 Å². The molecule has 0 atom stereocenters. The number of ether oxygens (including phenoxy) is 3. The van der Waals surface area contributed by atoms with E-state index in [-0.39, 0.29) is 0 Å². The quantitative estimate of drug-likeness (QED) is 0.685. The molecule has 0 amide bonds. The van der Waals surface area contributed by atoms with Gasteiger partial charge in [0.15, 0.2) is 11.5 Å². The molecule has 0 saturated carbocycles. The number of methoxy groups -OCH3 is 1. The molecule has 2 aromatic rings. The smallest absolute Gasteiger partial charge is 0.231 e. The van der Waals surface area contributed by atoms with Crippen molar-refractivity contribution in [2.24, 2.45) is 0 Å². The van der Waals surface area contributed by atoms with Crippen LogP contribution in [0.4, 0.5) is 5.69 Å². The van der Waals surface area contributed by atoms with E-state index in [9.17, 15) is 0 Å². The molecular formula is C23H24ClN3O3. The molecule has 6 nitrogen and oxygen atoms in total. The first kappa shape index (κ1) is 18.2. The number of fused-ring (bicyclic) bond motifs is 5. The van der Waals surface area contributed by atoms with E-state index >= 15 is 0 Å². The van der Waals surface area contributed by atoms with Gasteiger partial charge in [-0.1, -0.05) is 6.07 Å². The molecule has 0 aromatic heterocycles. The van der Waals surface area contributed by atoms with Crippen molar-refractivity contribution >= 4 is 29.2 Å². The molecule has 6 rings (SSSR count). The molecule has 4 aliphatic rings. The van der Waals surface area contributed by atoms with Crippen molar-refractivity contribution in [3.8, 4) is 17.2 Å². The minimum atomic E-state index is 0.308. The van der Waals surface area contributed by atoms with Crippen LogP contribution in [-0.4, -0.2) is 55.9 Å². The average molecular weight is 426 g/mol. The predicted molar refractivity (Wildman–Crippen MR) is 117 cm³/mol. The standard InChI is InChI=1S/C23H24ClN3O3/c1-28-20-3-2-15-10-19-17-12-22-21(29-14-30-22)11-16(17)4-5-26(19)13-18(15)23(20)25-6-8-27(24)9-7-25/h2-3,10-12H,4-9,13-14H2,1H3. The average Bonchev–Trinajstić information content (AvgIpc) is 3.23. The fourth-order valence-corrected chi connectivity index (χ4v) is 5.15. The molecule has 7 heteroatoms. The third-order valence-corrected chi connectivity index (χ3v) is 6.89. The molecule has 0 N–H and O–H groups in total. The lowest BCUT2D eigenvalue weighted by Crippen LogP contribution is -2.43. The minimum Gasteiger partial charge on any atom is -0.495 e. The molecular weight excluding hydrogens is 402 g/mol. The normalized spacial score (nSPS) is 19.7. The van der Waals surface area contributed by atoms with Gasteiger partial charge >= 0.3 is 0 Å². The maximum Gasteiger partial charge on any atom is 0.231 e. The first-order valence-corrected chi connectivity index (χ1v) is 10.8. The lowest BCUT2D eigenvalue weighted by Gasteiger charge is -2.40. The Hall–Kier alpha value is -2.57. The number of hydrogen-bond donors (Lipinski definition) is 0. The van der Waals surface area contributed by atoms with Crippen molar-refractivity contribution in [2.45, 2.75) is 13.0 Å². The van der Waals surface area contributed by atoms with Crippen LogP contribution in [0.2, 0.25) is 0 Å². The van der Waals surface area contributed by atoms with Gasteiger partial charge < -0.3 is 24.0 Å². The number of nitrogens with zero attached hydrogens (tertiary/aromatic N) is 3. The zero-order chi connectivity index (χ0) is 20.2. The molecule has 30 heavy (non-hydrogen) atoms. The lowest BCUT2D eigenvalue weighted by atomic mass is 9.89. The topological polar surface area (TPSA) is 37.4 Å². The van der Waals surface area contributed by atoms with E-state index in [1.54, 1.807) is 7.11 Å². The summed E-state index contributed by atoms with van der Waals surface area (Å²) in [7, 11) is 1.76. The Balaban J connectivity index is 1.45. The molecule has 0 radical (unpaired) electrons. The largest absolute Gasteiger partial charge is 0.495 e. The summed E-state index contributed by atoms with van der Waals surface area (Å²) in [4.78, 5) is 4.90. The van der Waals surface area contributed by atoms with E-state index in [4.69, 9.17) is 26.0 Å². The van der Waals surface area contributed by atoms with Crippen LogP contribution in [0, 0.1) is 0 Å². The summed E-state index contributed by atoms with van der Waals surface area (Å²) in [5.74, 6) is 2.65. The number of anilines is 1. The molecule has 4 aliphatic heterocycles. The predicted octanol–water partition coefficient (Wildman–Crippen LogP) is 3.57. The highest BCUT2D eigenvalue weighted by atomic mass is 35.5. The monoisotopic (exact) mass is 425 g/mol. The SMILES string of the molecule is COc1ccc2c(c1N1CCN(Cl)CC1)CN1CCc3cc4c(cc3C1=C2)OCO4. The molecule has 0 spiro atoms. The lowest BCUT2D eigenvalue weighted by molar-refractivity contribution is 0.174. The molecule has 2 aromatic carbocycles. The van der Waals surface area contributed by atoms with Gasteiger partial charge in [-0.2, -0.15) is 0 Å². The summed E-state index contributed by atoms with van der Waals surface area (Å²) in [5.41, 5.74) is 7.66. The Kier molecular flexibility index (Phi) is 4.25. The van der Waals surface area contributed by atoms with Crippen LogP contribution in [-0.2, 0) is 13.0 Å². The van der Waals surface area contributed by atoms with Gasteiger partial charge in [-0.25, -0.2) is 4.42 Å².